The predicted octanol–water partition coefficient (Wildman–Crippen LogP) is 1.16. The van der Waals surface area contributed by atoms with E-state index in [0.29, 0.717) is 11.8 Å². The molecule has 0 radical (unpaired) electrons. The van der Waals surface area contributed by atoms with Gasteiger partial charge in [-0.25, -0.2) is 0 Å². The standard InChI is InChI=1S/C12H20N2O/c1-2-10-5-8-14(9-6-10)12(15)11-4-3-7-13-11/h2,10-11,13H,1,3-9H2/t11-/m0/s1. The van der Waals surface area contributed by atoms with Crippen LogP contribution in [0, 0.1) is 5.92 Å². The molecule has 2 aliphatic rings. The first kappa shape index (κ1) is 10.7. The molecule has 0 aromatic heterocycles. The number of allylic oxidation sites excluding steroid dienone is 1. The summed E-state index contributed by atoms with van der Waals surface area (Å²) in [7, 11) is 0. The molecule has 3 heteroatoms. The van der Waals surface area contributed by atoms with Gasteiger partial charge < -0.3 is 10.2 Å². The second kappa shape index (κ2) is 4.79. The highest BCUT2D eigenvalue weighted by atomic mass is 16.2. The summed E-state index contributed by atoms with van der Waals surface area (Å²) < 4.78 is 0. The van der Waals surface area contributed by atoms with E-state index in [1.165, 1.54) is 0 Å². The van der Waals surface area contributed by atoms with Crippen molar-refractivity contribution < 1.29 is 4.79 Å². The molecule has 0 aliphatic carbocycles. The normalized spacial score (nSPS) is 28.0. The smallest absolute Gasteiger partial charge is 0.239 e. The maximum absolute atomic E-state index is 12.0. The highest BCUT2D eigenvalue weighted by molar-refractivity contribution is 5.82. The minimum Gasteiger partial charge on any atom is -0.341 e. The number of hydrogen-bond donors (Lipinski definition) is 1. The number of carbonyl (C=O) groups excluding carboxylic acids is 1. The van der Waals surface area contributed by atoms with Crippen molar-refractivity contribution in [2.45, 2.75) is 31.7 Å². The molecule has 1 amide bonds. The molecule has 1 atom stereocenters. The molecule has 1 N–H and O–H groups in total. The molecular formula is C12H20N2O. The maximum Gasteiger partial charge on any atom is 0.239 e. The van der Waals surface area contributed by atoms with Crippen LogP contribution < -0.4 is 5.32 Å². The van der Waals surface area contributed by atoms with Gasteiger partial charge in [-0.05, 0) is 38.1 Å². The zero-order chi connectivity index (χ0) is 10.7. The molecule has 0 bridgehead atoms. The molecule has 2 heterocycles. The summed E-state index contributed by atoms with van der Waals surface area (Å²) in [6.45, 7) is 6.64. The Morgan fingerprint density at radius 2 is 2.07 bits per heavy atom. The number of rotatable bonds is 2. The average Bonchev–Trinajstić information content (AvgIpc) is 2.82. The fourth-order valence-corrected chi connectivity index (χ4v) is 2.47. The third-order valence-electron chi connectivity index (χ3n) is 3.54. The monoisotopic (exact) mass is 208 g/mol. The lowest BCUT2D eigenvalue weighted by Gasteiger charge is -2.32. The van der Waals surface area contributed by atoms with Gasteiger partial charge in [-0.1, -0.05) is 6.08 Å². The summed E-state index contributed by atoms with van der Waals surface area (Å²) in [6, 6.07) is 0.102. The molecule has 0 unspecified atom stereocenters. The van der Waals surface area contributed by atoms with Gasteiger partial charge in [0, 0.05) is 13.1 Å². The van der Waals surface area contributed by atoms with Crippen molar-refractivity contribution >= 4 is 5.91 Å². The van der Waals surface area contributed by atoms with E-state index < -0.39 is 0 Å². The Hall–Kier alpha value is -0.830. The van der Waals surface area contributed by atoms with Gasteiger partial charge >= 0.3 is 0 Å². The molecular weight excluding hydrogens is 188 g/mol. The van der Waals surface area contributed by atoms with E-state index >= 15 is 0 Å². The van der Waals surface area contributed by atoms with Gasteiger partial charge in [0.2, 0.25) is 5.91 Å². The van der Waals surface area contributed by atoms with E-state index in [4.69, 9.17) is 0 Å². The van der Waals surface area contributed by atoms with Gasteiger partial charge in [0.15, 0.2) is 0 Å². The van der Waals surface area contributed by atoms with Crippen LogP contribution in [0.1, 0.15) is 25.7 Å². The third-order valence-corrected chi connectivity index (χ3v) is 3.54. The lowest BCUT2D eigenvalue weighted by atomic mass is 9.96. The van der Waals surface area contributed by atoms with Crippen LogP contribution in [0.4, 0.5) is 0 Å². The molecule has 15 heavy (non-hydrogen) atoms. The number of likely N-dealkylation sites (tertiary alicyclic amines) is 1. The van der Waals surface area contributed by atoms with Crippen LogP contribution in [0.2, 0.25) is 0 Å². The van der Waals surface area contributed by atoms with Gasteiger partial charge in [0.1, 0.15) is 0 Å². The molecule has 2 saturated heterocycles. The quantitative estimate of drug-likeness (QED) is 0.691. The number of nitrogens with one attached hydrogen (secondary N) is 1. The summed E-state index contributed by atoms with van der Waals surface area (Å²) in [6.07, 6.45) is 6.35. The largest absolute Gasteiger partial charge is 0.341 e. The lowest BCUT2D eigenvalue weighted by Crippen LogP contribution is -2.46. The molecule has 2 aliphatic heterocycles. The molecule has 2 rings (SSSR count). The number of amides is 1. The first-order valence-corrected chi connectivity index (χ1v) is 5.96. The maximum atomic E-state index is 12.0. The summed E-state index contributed by atoms with van der Waals surface area (Å²) in [5.74, 6) is 0.931. The first-order chi connectivity index (χ1) is 7.31. The van der Waals surface area contributed by atoms with Crippen molar-refractivity contribution in [3.8, 4) is 0 Å². The number of carbonyl (C=O) groups is 1. The van der Waals surface area contributed by atoms with E-state index in [2.05, 4.69) is 11.9 Å². The Bertz CT molecular complexity index is 238. The Morgan fingerprint density at radius 1 is 1.33 bits per heavy atom. The van der Waals surface area contributed by atoms with Crippen LogP contribution in [0.25, 0.3) is 0 Å². The van der Waals surface area contributed by atoms with Crippen LogP contribution in [-0.2, 0) is 4.79 Å². The molecule has 0 saturated carbocycles. The molecule has 2 fully saturated rings. The lowest BCUT2D eigenvalue weighted by molar-refractivity contribution is -0.134. The molecule has 0 aromatic rings. The fraction of sp³-hybridized carbons (Fsp3) is 0.750. The second-order valence-corrected chi connectivity index (χ2v) is 4.55. The van der Waals surface area contributed by atoms with E-state index in [1.807, 2.05) is 11.0 Å². The average molecular weight is 208 g/mol. The zero-order valence-electron chi connectivity index (χ0n) is 9.24. The van der Waals surface area contributed by atoms with Crippen LogP contribution in [0.3, 0.4) is 0 Å². The summed E-state index contributed by atoms with van der Waals surface area (Å²) in [4.78, 5) is 14.0. The van der Waals surface area contributed by atoms with Crippen LogP contribution in [-0.4, -0.2) is 36.5 Å². The summed E-state index contributed by atoms with van der Waals surface area (Å²) in [5, 5.41) is 3.27. The fourth-order valence-electron chi connectivity index (χ4n) is 2.47. The highest BCUT2D eigenvalue weighted by Crippen LogP contribution is 2.19. The van der Waals surface area contributed by atoms with Crippen LogP contribution in [0.15, 0.2) is 12.7 Å². The molecule has 0 spiro atoms. The molecule has 3 nitrogen and oxygen atoms in total. The highest BCUT2D eigenvalue weighted by Gasteiger charge is 2.28. The van der Waals surface area contributed by atoms with Crippen LogP contribution >= 0.6 is 0 Å². The SMILES string of the molecule is C=CC1CCN(C(=O)[C@@H]2CCCN2)CC1. The number of piperidine rings is 1. The Morgan fingerprint density at radius 3 is 2.60 bits per heavy atom. The summed E-state index contributed by atoms with van der Waals surface area (Å²) in [5.41, 5.74) is 0. The van der Waals surface area contributed by atoms with E-state index in [0.717, 1.165) is 45.3 Å². The third kappa shape index (κ3) is 2.40. The minimum absolute atomic E-state index is 0.102. The van der Waals surface area contributed by atoms with Crippen LogP contribution in [0.5, 0.6) is 0 Å². The Balaban J connectivity index is 1.84. The minimum atomic E-state index is 0.102. The molecule has 0 aromatic carbocycles. The van der Waals surface area contributed by atoms with Crippen molar-refractivity contribution in [1.29, 1.82) is 0 Å². The van der Waals surface area contributed by atoms with Gasteiger partial charge in [0.25, 0.3) is 0 Å². The number of hydrogen-bond acceptors (Lipinski definition) is 2. The van der Waals surface area contributed by atoms with Gasteiger partial charge in [0.05, 0.1) is 6.04 Å². The predicted molar refractivity (Wildman–Crippen MR) is 60.5 cm³/mol. The van der Waals surface area contributed by atoms with Gasteiger partial charge in [-0.2, -0.15) is 0 Å². The summed E-state index contributed by atoms with van der Waals surface area (Å²) >= 11 is 0. The van der Waals surface area contributed by atoms with Gasteiger partial charge in [-0.15, -0.1) is 6.58 Å². The van der Waals surface area contributed by atoms with E-state index in [9.17, 15) is 4.79 Å². The van der Waals surface area contributed by atoms with Crippen molar-refractivity contribution in [2.24, 2.45) is 5.92 Å². The van der Waals surface area contributed by atoms with Crippen molar-refractivity contribution in [3.05, 3.63) is 12.7 Å². The van der Waals surface area contributed by atoms with Crippen molar-refractivity contribution in [2.75, 3.05) is 19.6 Å². The van der Waals surface area contributed by atoms with Gasteiger partial charge in [-0.3, -0.25) is 4.79 Å². The Kier molecular flexibility index (Phi) is 3.41. The molecule has 84 valence electrons. The Labute approximate surface area is 91.5 Å². The zero-order valence-corrected chi connectivity index (χ0v) is 9.24. The topological polar surface area (TPSA) is 32.3 Å². The van der Waals surface area contributed by atoms with E-state index in [1.54, 1.807) is 0 Å². The first-order valence-electron chi connectivity index (χ1n) is 5.96. The van der Waals surface area contributed by atoms with Crippen molar-refractivity contribution in [3.63, 3.8) is 0 Å². The second-order valence-electron chi connectivity index (χ2n) is 4.55. The van der Waals surface area contributed by atoms with Crippen molar-refractivity contribution in [1.82, 2.24) is 10.2 Å². The number of nitrogens with zero attached hydrogens (tertiary/aromatic N) is 1. The van der Waals surface area contributed by atoms with E-state index in [-0.39, 0.29) is 6.04 Å².